The molecule has 102 valence electrons. The zero-order valence-corrected chi connectivity index (χ0v) is 11.9. The van der Waals surface area contributed by atoms with E-state index in [4.69, 9.17) is 0 Å². The summed E-state index contributed by atoms with van der Waals surface area (Å²) in [6.45, 7) is 6.58. The maximum atomic E-state index is 4.54. The van der Waals surface area contributed by atoms with E-state index in [1.54, 1.807) is 0 Å². The molecule has 0 spiro atoms. The first-order valence-electron chi connectivity index (χ1n) is 6.61. The molecule has 0 aliphatic heterocycles. The number of hydrogen-bond acceptors (Lipinski definition) is 4. The highest BCUT2D eigenvalue weighted by Gasteiger charge is 2.04. The lowest BCUT2D eigenvalue weighted by Gasteiger charge is -2.04. The number of anilines is 1. The number of aromatic amines is 1. The van der Waals surface area contributed by atoms with E-state index in [1.165, 1.54) is 5.56 Å². The van der Waals surface area contributed by atoms with Crippen LogP contribution in [-0.4, -0.2) is 19.9 Å². The average Bonchev–Trinajstić information content (AvgIpc) is 2.77. The molecular weight excluding hydrogens is 250 g/mol. The number of fused-ring (bicyclic) bond motifs is 1. The fourth-order valence-corrected chi connectivity index (χ4v) is 2.23. The van der Waals surface area contributed by atoms with Crippen LogP contribution in [0.3, 0.4) is 0 Å². The number of aromatic nitrogens is 4. The van der Waals surface area contributed by atoms with Gasteiger partial charge in [0.25, 0.3) is 0 Å². The van der Waals surface area contributed by atoms with Crippen molar-refractivity contribution >= 4 is 17.0 Å². The lowest BCUT2D eigenvalue weighted by Crippen LogP contribution is -2.06. The Morgan fingerprint density at radius 1 is 1.00 bits per heavy atom. The van der Waals surface area contributed by atoms with Gasteiger partial charge in [-0.05, 0) is 44.5 Å². The van der Waals surface area contributed by atoms with Crippen molar-refractivity contribution in [3.63, 3.8) is 0 Å². The van der Waals surface area contributed by atoms with Crippen molar-refractivity contribution in [1.82, 2.24) is 19.9 Å². The van der Waals surface area contributed by atoms with E-state index in [-0.39, 0.29) is 0 Å². The molecule has 1 aromatic carbocycles. The molecule has 0 radical (unpaired) electrons. The quantitative estimate of drug-likeness (QED) is 0.765. The number of H-pyrrole nitrogens is 1. The molecule has 2 N–H and O–H groups in total. The molecule has 5 nitrogen and oxygen atoms in total. The van der Waals surface area contributed by atoms with Crippen LogP contribution in [-0.2, 0) is 6.54 Å². The van der Waals surface area contributed by atoms with Crippen molar-refractivity contribution in [3.05, 3.63) is 47.0 Å². The summed E-state index contributed by atoms with van der Waals surface area (Å²) in [7, 11) is 0. The Balaban J connectivity index is 1.79. The molecule has 20 heavy (non-hydrogen) atoms. The molecule has 5 heteroatoms. The number of rotatable bonds is 3. The number of nitrogens with one attached hydrogen (secondary N) is 2. The molecule has 3 rings (SSSR count). The predicted molar refractivity (Wildman–Crippen MR) is 79.7 cm³/mol. The standard InChI is InChI=1S/C15H17N5/c1-9-4-5-12-13(6-9)20-14(19-12)8-16-15-17-10(2)7-11(3)18-15/h4-7H,8H2,1-3H3,(H,19,20)(H,16,17,18). The third-order valence-electron chi connectivity index (χ3n) is 3.08. The summed E-state index contributed by atoms with van der Waals surface area (Å²) in [6, 6.07) is 8.14. The van der Waals surface area contributed by atoms with Gasteiger partial charge in [-0.3, -0.25) is 0 Å². The maximum absolute atomic E-state index is 4.54. The van der Waals surface area contributed by atoms with E-state index in [0.717, 1.165) is 28.2 Å². The summed E-state index contributed by atoms with van der Waals surface area (Å²) >= 11 is 0. The molecule has 0 amide bonds. The molecule has 0 aliphatic rings. The SMILES string of the molecule is Cc1ccc2nc(CNc3nc(C)cc(C)n3)[nH]c2c1. The minimum absolute atomic E-state index is 0.580. The van der Waals surface area contributed by atoms with Crippen LogP contribution in [0.4, 0.5) is 5.95 Å². The second-order valence-electron chi connectivity index (χ2n) is 5.03. The number of hydrogen-bond donors (Lipinski definition) is 2. The first-order chi connectivity index (χ1) is 9.60. The first kappa shape index (κ1) is 12.6. The first-order valence-corrected chi connectivity index (χ1v) is 6.61. The van der Waals surface area contributed by atoms with Gasteiger partial charge in [0.15, 0.2) is 0 Å². The molecule has 0 bridgehead atoms. The zero-order chi connectivity index (χ0) is 14.1. The number of benzene rings is 1. The Kier molecular flexibility index (Phi) is 3.10. The minimum atomic E-state index is 0.580. The van der Waals surface area contributed by atoms with Crippen LogP contribution >= 0.6 is 0 Å². The molecule has 0 aliphatic carbocycles. The van der Waals surface area contributed by atoms with Crippen LogP contribution in [0.5, 0.6) is 0 Å². The van der Waals surface area contributed by atoms with E-state index < -0.39 is 0 Å². The van der Waals surface area contributed by atoms with E-state index in [2.05, 4.69) is 44.3 Å². The van der Waals surface area contributed by atoms with Crippen LogP contribution < -0.4 is 5.32 Å². The molecule has 0 saturated heterocycles. The highest BCUT2D eigenvalue weighted by Crippen LogP contribution is 2.14. The third kappa shape index (κ3) is 2.61. The molecule has 0 unspecified atom stereocenters. The summed E-state index contributed by atoms with van der Waals surface area (Å²) in [4.78, 5) is 16.6. The van der Waals surface area contributed by atoms with E-state index in [0.29, 0.717) is 12.5 Å². The summed E-state index contributed by atoms with van der Waals surface area (Å²) in [5.41, 5.74) is 5.18. The van der Waals surface area contributed by atoms with Crippen molar-refractivity contribution in [2.24, 2.45) is 0 Å². The fourth-order valence-electron chi connectivity index (χ4n) is 2.23. The van der Waals surface area contributed by atoms with Crippen LogP contribution in [0.1, 0.15) is 22.8 Å². The van der Waals surface area contributed by atoms with Gasteiger partial charge < -0.3 is 10.3 Å². The van der Waals surface area contributed by atoms with Gasteiger partial charge in [0, 0.05) is 11.4 Å². The Hall–Kier alpha value is -2.43. The average molecular weight is 267 g/mol. The molecular formula is C15H17N5. The normalized spacial score (nSPS) is 10.9. The van der Waals surface area contributed by atoms with Gasteiger partial charge in [0.1, 0.15) is 5.82 Å². The second kappa shape index (κ2) is 4.92. The fraction of sp³-hybridized carbons (Fsp3) is 0.267. The number of nitrogens with zero attached hydrogens (tertiary/aromatic N) is 3. The highest BCUT2D eigenvalue weighted by atomic mass is 15.1. The van der Waals surface area contributed by atoms with Gasteiger partial charge in [0.05, 0.1) is 17.6 Å². The third-order valence-corrected chi connectivity index (χ3v) is 3.08. The Bertz CT molecular complexity index is 740. The van der Waals surface area contributed by atoms with Gasteiger partial charge >= 0.3 is 0 Å². The minimum Gasteiger partial charge on any atom is -0.347 e. The molecule has 0 fully saturated rings. The summed E-state index contributed by atoms with van der Waals surface area (Å²) in [5, 5.41) is 3.20. The van der Waals surface area contributed by atoms with Crippen molar-refractivity contribution < 1.29 is 0 Å². The molecule has 3 aromatic rings. The second-order valence-corrected chi connectivity index (χ2v) is 5.03. The summed E-state index contributed by atoms with van der Waals surface area (Å²) in [5.74, 6) is 1.52. The van der Waals surface area contributed by atoms with E-state index in [9.17, 15) is 0 Å². The lowest BCUT2D eigenvalue weighted by atomic mass is 10.2. The van der Waals surface area contributed by atoms with E-state index >= 15 is 0 Å². The van der Waals surface area contributed by atoms with Crippen molar-refractivity contribution in [1.29, 1.82) is 0 Å². The Labute approximate surface area is 117 Å². The maximum Gasteiger partial charge on any atom is 0.223 e. The Morgan fingerprint density at radius 3 is 2.50 bits per heavy atom. The molecule has 2 aromatic heterocycles. The topological polar surface area (TPSA) is 66.5 Å². The predicted octanol–water partition coefficient (Wildman–Crippen LogP) is 2.89. The Morgan fingerprint density at radius 2 is 1.75 bits per heavy atom. The number of imidazole rings is 1. The van der Waals surface area contributed by atoms with Crippen LogP contribution in [0.15, 0.2) is 24.3 Å². The van der Waals surface area contributed by atoms with Gasteiger partial charge in [-0.25, -0.2) is 15.0 Å². The molecule has 0 saturated carbocycles. The van der Waals surface area contributed by atoms with Crippen molar-refractivity contribution in [2.45, 2.75) is 27.3 Å². The van der Waals surface area contributed by atoms with Crippen molar-refractivity contribution in [3.8, 4) is 0 Å². The van der Waals surface area contributed by atoms with Crippen LogP contribution in [0.2, 0.25) is 0 Å². The lowest BCUT2D eigenvalue weighted by molar-refractivity contribution is 0.956. The highest BCUT2D eigenvalue weighted by molar-refractivity contribution is 5.75. The zero-order valence-electron chi connectivity index (χ0n) is 11.9. The summed E-state index contributed by atoms with van der Waals surface area (Å²) in [6.07, 6.45) is 0. The molecule has 2 heterocycles. The smallest absolute Gasteiger partial charge is 0.223 e. The van der Waals surface area contributed by atoms with Gasteiger partial charge in [-0.1, -0.05) is 6.07 Å². The van der Waals surface area contributed by atoms with Crippen LogP contribution in [0.25, 0.3) is 11.0 Å². The molecule has 0 atom stereocenters. The largest absolute Gasteiger partial charge is 0.347 e. The van der Waals surface area contributed by atoms with Crippen molar-refractivity contribution in [2.75, 3.05) is 5.32 Å². The number of aryl methyl sites for hydroxylation is 3. The van der Waals surface area contributed by atoms with Crippen LogP contribution in [0, 0.1) is 20.8 Å². The van der Waals surface area contributed by atoms with E-state index in [1.807, 2.05) is 26.0 Å². The van der Waals surface area contributed by atoms with Gasteiger partial charge in [-0.15, -0.1) is 0 Å². The monoisotopic (exact) mass is 267 g/mol. The van der Waals surface area contributed by atoms with Gasteiger partial charge in [-0.2, -0.15) is 0 Å². The van der Waals surface area contributed by atoms with Gasteiger partial charge in [0.2, 0.25) is 5.95 Å². The summed E-state index contributed by atoms with van der Waals surface area (Å²) < 4.78 is 0.